The van der Waals surface area contributed by atoms with E-state index < -0.39 is 0 Å². The van der Waals surface area contributed by atoms with Gasteiger partial charge in [0.05, 0.1) is 12.7 Å². The number of methoxy groups -OCH3 is 1. The van der Waals surface area contributed by atoms with Gasteiger partial charge in [-0.2, -0.15) is 0 Å². The van der Waals surface area contributed by atoms with Crippen LogP contribution in [0.3, 0.4) is 0 Å². The first-order valence-electron chi connectivity index (χ1n) is 8.76. The molecule has 6 nitrogen and oxygen atoms in total. The number of nitrogens with one attached hydrogen (secondary N) is 1. The van der Waals surface area contributed by atoms with Crippen molar-refractivity contribution in [3.63, 3.8) is 0 Å². The summed E-state index contributed by atoms with van der Waals surface area (Å²) in [5, 5.41) is 3.22. The van der Waals surface area contributed by atoms with Gasteiger partial charge in [-0.05, 0) is 30.7 Å². The number of hydrogen-bond acceptors (Lipinski definition) is 6. The monoisotopic (exact) mass is 362 g/mol. The van der Waals surface area contributed by atoms with Gasteiger partial charge in [0.25, 0.3) is 0 Å². The number of hydrogen-bond donors (Lipinski definition) is 1. The molecule has 6 heteroatoms. The van der Waals surface area contributed by atoms with Crippen molar-refractivity contribution in [1.82, 2.24) is 9.97 Å². The van der Waals surface area contributed by atoms with Crippen molar-refractivity contribution in [2.75, 3.05) is 23.9 Å². The van der Waals surface area contributed by atoms with Gasteiger partial charge in [-0.1, -0.05) is 36.4 Å². The van der Waals surface area contributed by atoms with E-state index in [0.29, 0.717) is 11.4 Å². The average molecular weight is 362 g/mol. The molecule has 0 unspecified atom stereocenters. The second-order valence-corrected chi connectivity index (χ2v) is 5.96. The average Bonchev–Trinajstić information content (AvgIpc) is 2.72. The normalized spacial score (nSPS) is 10.3. The van der Waals surface area contributed by atoms with Crippen LogP contribution >= 0.6 is 0 Å². The molecule has 1 heterocycles. The lowest BCUT2D eigenvalue weighted by Gasteiger charge is -2.22. The van der Waals surface area contributed by atoms with E-state index in [-0.39, 0.29) is 5.97 Å². The molecule has 0 amide bonds. The summed E-state index contributed by atoms with van der Waals surface area (Å²) < 4.78 is 4.76. The van der Waals surface area contributed by atoms with E-state index in [2.05, 4.69) is 39.2 Å². The van der Waals surface area contributed by atoms with Crippen molar-refractivity contribution >= 4 is 23.3 Å². The summed E-state index contributed by atoms with van der Waals surface area (Å²) >= 11 is 0. The Hall–Kier alpha value is -3.41. The summed E-state index contributed by atoms with van der Waals surface area (Å²) in [7, 11) is 1.37. The van der Waals surface area contributed by atoms with E-state index in [1.165, 1.54) is 19.0 Å². The molecule has 0 aliphatic heterocycles. The first-order valence-corrected chi connectivity index (χ1v) is 8.76. The highest BCUT2D eigenvalue weighted by molar-refractivity contribution is 5.90. The lowest BCUT2D eigenvalue weighted by molar-refractivity contribution is 0.0601. The van der Waals surface area contributed by atoms with E-state index in [0.717, 1.165) is 24.6 Å². The molecule has 0 spiro atoms. The minimum absolute atomic E-state index is 0.373. The zero-order valence-corrected chi connectivity index (χ0v) is 15.4. The summed E-state index contributed by atoms with van der Waals surface area (Å²) in [4.78, 5) is 22.6. The fourth-order valence-corrected chi connectivity index (χ4v) is 2.74. The molecular formula is C21H22N4O2. The minimum Gasteiger partial charge on any atom is -0.465 e. The molecule has 0 fully saturated rings. The number of rotatable bonds is 7. The molecular weight excluding hydrogens is 340 g/mol. The van der Waals surface area contributed by atoms with Crippen LogP contribution in [0.5, 0.6) is 0 Å². The Morgan fingerprint density at radius 2 is 1.89 bits per heavy atom. The molecule has 0 aliphatic rings. The van der Waals surface area contributed by atoms with Crippen LogP contribution in [0.25, 0.3) is 0 Å². The summed E-state index contributed by atoms with van der Waals surface area (Å²) in [6, 6.07) is 19.3. The third kappa shape index (κ3) is 4.82. The molecule has 27 heavy (non-hydrogen) atoms. The summed E-state index contributed by atoms with van der Waals surface area (Å²) in [5.74, 6) is 1.12. The molecule has 0 saturated carbocycles. The Labute approximate surface area is 158 Å². The van der Waals surface area contributed by atoms with Gasteiger partial charge in [0, 0.05) is 24.8 Å². The Morgan fingerprint density at radius 1 is 1.07 bits per heavy atom. The highest BCUT2D eigenvalue weighted by atomic mass is 16.5. The smallest absolute Gasteiger partial charge is 0.337 e. The molecule has 138 valence electrons. The highest BCUT2D eigenvalue weighted by Crippen LogP contribution is 2.21. The van der Waals surface area contributed by atoms with Gasteiger partial charge in [-0.25, -0.2) is 14.8 Å². The fourth-order valence-electron chi connectivity index (χ4n) is 2.74. The van der Waals surface area contributed by atoms with Gasteiger partial charge in [0.15, 0.2) is 0 Å². The molecule has 0 atom stereocenters. The van der Waals surface area contributed by atoms with Crippen molar-refractivity contribution < 1.29 is 9.53 Å². The first-order chi connectivity index (χ1) is 13.2. The van der Waals surface area contributed by atoms with Gasteiger partial charge in [-0.3, -0.25) is 0 Å². The van der Waals surface area contributed by atoms with E-state index in [4.69, 9.17) is 4.74 Å². The zero-order valence-electron chi connectivity index (χ0n) is 15.4. The third-order valence-electron chi connectivity index (χ3n) is 4.13. The molecule has 0 radical (unpaired) electrons. The van der Waals surface area contributed by atoms with E-state index in [9.17, 15) is 4.79 Å². The molecule has 1 aromatic heterocycles. The lowest BCUT2D eigenvalue weighted by atomic mass is 10.2. The maximum absolute atomic E-state index is 11.7. The quantitative estimate of drug-likeness (QED) is 0.640. The summed E-state index contributed by atoms with van der Waals surface area (Å²) in [6.07, 6.45) is 1.54. The molecule has 2 aromatic carbocycles. The molecule has 0 saturated heterocycles. The topological polar surface area (TPSA) is 67.4 Å². The Balaban J connectivity index is 1.78. The number of anilines is 3. The van der Waals surface area contributed by atoms with Crippen LogP contribution in [0.15, 0.2) is 67.0 Å². The number of carbonyl (C=O) groups excluding carboxylic acids is 1. The predicted molar refractivity (Wildman–Crippen MR) is 106 cm³/mol. The van der Waals surface area contributed by atoms with Gasteiger partial charge >= 0.3 is 5.97 Å². The number of ether oxygens (including phenoxy) is 1. The molecule has 0 bridgehead atoms. The fraction of sp³-hybridized carbons (Fsp3) is 0.190. The maximum Gasteiger partial charge on any atom is 0.337 e. The maximum atomic E-state index is 11.7. The van der Waals surface area contributed by atoms with Crippen LogP contribution in [0, 0.1) is 0 Å². The van der Waals surface area contributed by atoms with Crippen molar-refractivity contribution in [1.29, 1.82) is 0 Å². The van der Waals surface area contributed by atoms with Crippen LogP contribution in [-0.4, -0.2) is 29.6 Å². The van der Waals surface area contributed by atoms with E-state index in [1.54, 1.807) is 18.2 Å². The standard InChI is InChI=1S/C21H22N4O2/c1-3-25(14-16-8-5-4-6-9-16)20-13-19(22-15-23-20)24-18-11-7-10-17(12-18)21(26)27-2/h4-13,15H,3,14H2,1-2H3,(H,22,23,24). The van der Waals surface area contributed by atoms with Crippen molar-refractivity contribution in [3.8, 4) is 0 Å². The van der Waals surface area contributed by atoms with Gasteiger partial charge in [0.2, 0.25) is 0 Å². The molecule has 3 rings (SSSR count). The number of aromatic nitrogens is 2. The molecule has 0 aliphatic carbocycles. The van der Waals surface area contributed by atoms with Crippen LogP contribution in [0.4, 0.5) is 17.3 Å². The predicted octanol–water partition coefficient (Wildman–Crippen LogP) is 4.03. The Kier molecular flexibility index (Phi) is 5.99. The number of esters is 1. The first kappa shape index (κ1) is 18.4. The number of benzene rings is 2. The minimum atomic E-state index is -0.373. The second kappa shape index (κ2) is 8.80. The number of nitrogens with zero attached hydrogens (tertiary/aromatic N) is 3. The Morgan fingerprint density at radius 3 is 2.63 bits per heavy atom. The van der Waals surface area contributed by atoms with Crippen molar-refractivity contribution in [3.05, 3.63) is 78.1 Å². The van der Waals surface area contributed by atoms with Gasteiger partial charge in [0.1, 0.15) is 18.0 Å². The summed E-state index contributed by atoms with van der Waals surface area (Å²) in [6.45, 7) is 3.69. The van der Waals surface area contributed by atoms with Crippen LogP contribution in [0.1, 0.15) is 22.8 Å². The van der Waals surface area contributed by atoms with Crippen LogP contribution in [-0.2, 0) is 11.3 Å². The summed E-state index contributed by atoms with van der Waals surface area (Å²) in [5.41, 5.74) is 2.46. The van der Waals surface area contributed by atoms with Crippen LogP contribution in [0.2, 0.25) is 0 Å². The van der Waals surface area contributed by atoms with E-state index >= 15 is 0 Å². The van der Waals surface area contributed by atoms with Crippen molar-refractivity contribution in [2.24, 2.45) is 0 Å². The number of carbonyl (C=O) groups is 1. The largest absolute Gasteiger partial charge is 0.465 e. The van der Waals surface area contributed by atoms with Gasteiger partial charge in [-0.15, -0.1) is 0 Å². The SMILES string of the molecule is CCN(Cc1ccccc1)c1cc(Nc2cccc(C(=O)OC)c2)ncn1. The van der Waals surface area contributed by atoms with Crippen LogP contribution < -0.4 is 10.2 Å². The lowest BCUT2D eigenvalue weighted by Crippen LogP contribution is -2.23. The van der Waals surface area contributed by atoms with Gasteiger partial charge < -0.3 is 15.0 Å². The highest BCUT2D eigenvalue weighted by Gasteiger charge is 2.10. The third-order valence-corrected chi connectivity index (χ3v) is 4.13. The second-order valence-electron chi connectivity index (χ2n) is 5.96. The zero-order chi connectivity index (χ0) is 19.1. The molecule has 3 aromatic rings. The van der Waals surface area contributed by atoms with E-state index in [1.807, 2.05) is 30.3 Å². The Bertz CT molecular complexity index is 899. The molecule has 1 N–H and O–H groups in total. The van der Waals surface area contributed by atoms with Crippen molar-refractivity contribution in [2.45, 2.75) is 13.5 Å².